The number of carboxylic acid groups (broad SMARTS) is 2. The van der Waals surface area contributed by atoms with Crippen molar-refractivity contribution in [1.82, 2.24) is 0 Å². The third-order valence-corrected chi connectivity index (χ3v) is 6.49. The summed E-state index contributed by atoms with van der Waals surface area (Å²) >= 11 is 0. The fourth-order valence-electron chi connectivity index (χ4n) is 3.97. The number of rotatable bonds is 14. The van der Waals surface area contributed by atoms with E-state index >= 15 is 0 Å². The lowest BCUT2D eigenvalue weighted by atomic mass is 9.87. The van der Waals surface area contributed by atoms with Crippen molar-refractivity contribution in [3.05, 3.63) is 23.3 Å². The van der Waals surface area contributed by atoms with Crippen molar-refractivity contribution in [2.24, 2.45) is 10.8 Å². The Bertz CT molecular complexity index is 748. The number of phenols is 2. The first-order chi connectivity index (χ1) is 14.1. The number of hydrogen-bond acceptors (Lipinski definition) is 4. The van der Waals surface area contributed by atoms with Gasteiger partial charge in [0.1, 0.15) is 11.5 Å². The smallest absolute Gasteiger partial charge is 0.309 e. The third kappa shape index (κ3) is 6.64. The molecule has 0 atom stereocenters. The molecular formula is C24H36O6. The molecule has 0 bridgehead atoms. The maximum atomic E-state index is 11.2. The molecule has 1 saturated carbocycles. The highest BCUT2D eigenvalue weighted by Crippen LogP contribution is 2.50. The lowest BCUT2D eigenvalue weighted by Gasteiger charge is -2.18. The maximum Gasteiger partial charge on any atom is 0.309 e. The first kappa shape index (κ1) is 24.0. The van der Waals surface area contributed by atoms with Gasteiger partial charge < -0.3 is 20.4 Å². The maximum absolute atomic E-state index is 11.2. The van der Waals surface area contributed by atoms with E-state index in [1.54, 1.807) is 26.0 Å². The predicted molar refractivity (Wildman–Crippen MR) is 115 cm³/mol. The van der Waals surface area contributed by atoms with Gasteiger partial charge in [-0.05, 0) is 88.5 Å². The zero-order chi connectivity index (χ0) is 22.4. The van der Waals surface area contributed by atoms with Gasteiger partial charge in [0.05, 0.1) is 10.8 Å². The van der Waals surface area contributed by atoms with Crippen molar-refractivity contribution in [2.75, 3.05) is 0 Å². The van der Waals surface area contributed by atoms with Gasteiger partial charge in [0, 0.05) is 0 Å². The molecule has 1 aliphatic carbocycles. The molecule has 168 valence electrons. The van der Waals surface area contributed by atoms with Gasteiger partial charge in [-0.15, -0.1) is 0 Å². The van der Waals surface area contributed by atoms with Crippen LogP contribution in [0.3, 0.4) is 0 Å². The van der Waals surface area contributed by atoms with E-state index in [2.05, 4.69) is 0 Å². The van der Waals surface area contributed by atoms with Crippen LogP contribution in [0, 0.1) is 10.8 Å². The number of hydrogen-bond donors (Lipinski definition) is 4. The summed E-state index contributed by atoms with van der Waals surface area (Å²) in [5, 5.41) is 39.0. The van der Waals surface area contributed by atoms with E-state index in [0.29, 0.717) is 31.2 Å². The van der Waals surface area contributed by atoms with Gasteiger partial charge in [-0.2, -0.15) is 0 Å². The first-order valence-corrected chi connectivity index (χ1v) is 11.1. The Morgan fingerprint density at radius 1 is 0.900 bits per heavy atom. The SMILES string of the molecule is CC(C)(CCCCCCc1cc(O)cc(CCCCC2(C(=O)O)CC2)c1O)C(=O)O. The number of aliphatic carboxylic acids is 2. The molecular weight excluding hydrogens is 384 g/mol. The normalized spacial score (nSPS) is 15.1. The van der Waals surface area contributed by atoms with Gasteiger partial charge in [-0.25, -0.2) is 0 Å². The average Bonchev–Trinajstić information content (AvgIpc) is 3.46. The summed E-state index contributed by atoms with van der Waals surface area (Å²) < 4.78 is 0. The van der Waals surface area contributed by atoms with Crippen LogP contribution in [0.15, 0.2) is 12.1 Å². The molecule has 0 unspecified atom stereocenters. The van der Waals surface area contributed by atoms with E-state index in [-0.39, 0.29) is 11.5 Å². The molecule has 0 spiro atoms. The highest BCUT2D eigenvalue weighted by atomic mass is 16.4. The van der Waals surface area contributed by atoms with Crippen molar-refractivity contribution in [2.45, 2.75) is 90.9 Å². The lowest BCUT2D eigenvalue weighted by Crippen LogP contribution is -2.23. The Morgan fingerprint density at radius 2 is 1.43 bits per heavy atom. The van der Waals surface area contributed by atoms with Crippen molar-refractivity contribution in [3.8, 4) is 11.5 Å². The Morgan fingerprint density at radius 3 is 1.93 bits per heavy atom. The summed E-state index contributed by atoms with van der Waals surface area (Å²) in [6.07, 6.45) is 9.31. The number of benzene rings is 1. The number of phenolic OH excluding ortho intramolecular Hbond substituents is 2. The second kappa shape index (κ2) is 10.2. The second-order valence-corrected chi connectivity index (χ2v) is 9.51. The van der Waals surface area contributed by atoms with Gasteiger partial charge in [0.25, 0.3) is 0 Å². The summed E-state index contributed by atoms with van der Waals surface area (Å²) in [7, 11) is 0. The molecule has 1 aromatic rings. The fraction of sp³-hybridized carbons (Fsp3) is 0.667. The molecule has 0 saturated heterocycles. The molecule has 1 aliphatic rings. The standard InChI is InChI=1S/C24H36O6/c1-23(2,21(27)28)11-7-4-3-5-9-17-15-19(25)16-18(20(17)26)10-6-8-12-24(13-14-24)22(29)30/h15-16,25-26H,3-14H2,1-2H3,(H,27,28)(H,29,30). The molecule has 6 heteroatoms. The minimum absolute atomic E-state index is 0.144. The summed E-state index contributed by atoms with van der Waals surface area (Å²) in [6.45, 7) is 3.49. The fourth-order valence-corrected chi connectivity index (χ4v) is 3.97. The van der Waals surface area contributed by atoms with Gasteiger partial charge >= 0.3 is 11.9 Å². The van der Waals surface area contributed by atoms with Crippen LogP contribution < -0.4 is 0 Å². The van der Waals surface area contributed by atoms with Crippen LogP contribution in [0.4, 0.5) is 0 Å². The van der Waals surface area contributed by atoms with E-state index < -0.39 is 22.8 Å². The molecule has 0 radical (unpaired) electrons. The van der Waals surface area contributed by atoms with E-state index in [9.17, 15) is 24.9 Å². The molecule has 30 heavy (non-hydrogen) atoms. The molecule has 0 aliphatic heterocycles. The van der Waals surface area contributed by atoms with Crippen LogP contribution in [-0.4, -0.2) is 32.4 Å². The van der Waals surface area contributed by atoms with Crippen molar-refractivity contribution in [3.63, 3.8) is 0 Å². The highest BCUT2D eigenvalue weighted by Gasteiger charge is 2.49. The minimum Gasteiger partial charge on any atom is -0.508 e. The molecule has 0 heterocycles. The molecule has 6 nitrogen and oxygen atoms in total. The van der Waals surface area contributed by atoms with Gasteiger partial charge in [-0.1, -0.05) is 25.7 Å². The lowest BCUT2D eigenvalue weighted by molar-refractivity contribution is -0.147. The van der Waals surface area contributed by atoms with Gasteiger partial charge in [0.15, 0.2) is 0 Å². The summed E-state index contributed by atoms with van der Waals surface area (Å²) in [5.74, 6) is -1.09. The monoisotopic (exact) mass is 420 g/mol. The quantitative estimate of drug-likeness (QED) is 0.240. The van der Waals surface area contributed by atoms with Crippen LogP contribution in [0.5, 0.6) is 11.5 Å². The number of carboxylic acids is 2. The third-order valence-electron chi connectivity index (χ3n) is 6.49. The van der Waals surface area contributed by atoms with Gasteiger partial charge in [-0.3, -0.25) is 9.59 Å². The molecule has 2 rings (SSSR count). The first-order valence-electron chi connectivity index (χ1n) is 11.1. The Labute approximate surface area is 178 Å². The second-order valence-electron chi connectivity index (χ2n) is 9.51. The number of carbonyl (C=O) groups is 2. The zero-order valence-corrected chi connectivity index (χ0v) is 18.2. The van der Waals surface area contributed by atoms with Crippen molar-refractivity contribution < 1.29 is 30.0 Å². The van der Waals surface area contributed by atoms with Crippen LogP contribution in [-0.2, 0) is 22.4 Å². The topological polar surface area (TPSA) is 115 Å². The van der Waals surface area contributed by atoms with Crippen molar-refractivity contribution >= 4 is 11.9 Å². The highest BCUT2D eigenvalue weighted by molar-refractivity contribution is 5.77. The van der Waals surface area contributed by atoms with E-state index in [1.807, 2.05) is 0 Å². The summed E-state index contributed by atoms with van der Waals surface area (Å²) in [6, 6.07) is 3.20. The largest absolute Gasteiger partial charge is 0.508 e. The van der Waals surface area contributed by atoms with E-state index in [1.165, 1.54) is 0 Å². The van der Waals surface area contributed by atoms with Crippen molar-refractivity contribution in [1.29, 1.82) is 0 Å². The summed E-state index contributed by atoms with van der Waals surface area (Å²) in [4.78, 5) is 22.4. The van der Waals surface area contributed by atoms with E-state index in [4.69, 9.17) is 5.11 Å². The Kier molecular flexibility index (Phi) is 8.16. The summed E-state index contributed by atoms with van der Waals surface area (Å²) in [5.41, 5.74) is 0.252. The van der Waals surface area contributed by atoms with Crippen LogP contribution in [0.25, 0.3) is 0 Å². The minimum atomic E-state index is -0.769. The van der Waals surface area contributed by atoms with Crippen LogP contribution in [0.1, 0.15) is 89.2 Å². The van der Waals surface area contributed by atoms with E-state index in [0.717, 1.165) is 56.9 Å². The van der Waals surface area contributed by atoms with Gasteiger partial charge in [0.2, 0.25) is 0 Å². The number of aromatic hydroxyl groups is 2. The number of unbranched alkanes of at least 4 members (excludes halogenated alkanes) is 4. The Hall–Kier alpha value is -2.24. The van der Waals surface area contributed by atoms with Crippen LogP contribution >= 0.6 is 0 Å². The van der Waals surface area contributed by atoms with Crippen LogP contribution in [0.2, 0.25) is 0 Å². The molecule has 1 fully saturated rings. The molecule has 0 amide bonds. The number of aryl methyl sites for hydroxylation is 2. The predicted octanol–water partition coefficient (Wildman–Crippen LogP) is 5.28. The average molecular weight is 421 g/mol. The Balaban J connectivity index is 1.75. The molecule has 4 N–H and O–H groups in total. The zero-order valence-electron chi connectivity index (χ0n) is 18.2. The molecule has 1 aromatic carbocycles. The molecule has 0 aromatic heterocycles.